The van der Waals surface area contributed by atoms with E-state index in [1.807, 2.05) is 17.2 Å². The molecule has 0 radical (unpaired) electrons. The summed E-state index contributed by atoms with van der Waals surface area (Å²) in [7, 11) is 3.61. The first kappa shape index (κ1) is 20.0. The van der Waals surface area contributed by atoms with E-state index in [0.717, 1.165) is 5.69 Å². The number of nitro groups is 1. The first-order valence-corrected chi connectivity index (χ1v) is 9.44. The summed E-state index contributed by atoms with van der Waals surface area (Å²) in [6, 6.07) is 6.98. The van der Waals surface area contributed by atoms with Gasteiger partial charge in [-0.2, -0.15) is 0 Å². The molecule has 0 saturated heterocycles. The molecule has 0 aliphatic rings. The van der Waals surface area contributed by atoms with Crippen molar-refractivity contribution in [3.63, 3.8) is 0 Å². The number of benzene rings is 2. The van der Waals surface area contributed by atoms with Crippen LogP contribution in [0.4, 0.5) is 14.5 Å². The van der Waals surface area contributed by atoms with Crippen LogP contribution in [-0.2, 0) is 13.0 Å². The SMILES string of the molecule is Cc1csc(-c2cc(Cc3c(F)cccc3F)cc(CN(C)C)c2[N+](=O)[O-])n1. The molecule has 0 atom stereocenters. The summed E-state index contributed by atoms with van der Waals surface area (Å²) < 4.78 is 28.2. The molecular weight excluding hydrogens is 384 g/mol. The van der Waals surface area contributed by atoms with Crippen molar-refractivity contribution >= 4 is 17.0 Å². The summed E-state index contributed by atoms with van der Waals surface area (Å²) in [6.07, 6.45) is -0.00567. The quantitative estimate of drug-likeness (QED) is 0.431. The van der Waals surface area contributed by atoms with E-state index < -0.39 is 16.6 Å². The fraction of sp³-hybridized carbons (Fsp3) is 0.250. The van der Waals surface area contributed by atoms with Crippen LogP contribution in [0.5, 0.6) is 0 Å². The van der Waals surface area contributed by atoms with Gasteiger partial charge in [0.2, 0.25) is 0 Å². The van der Waals surface area contributed by atoms with Gasteiger partial charge < -0.3 is 4.90 Å². The Labute approximate surface area is 165 Å². The summed E-state index contributed by atoms with van der Waals surface area (Å²) in [5, 5.41) is 14.2. The standard InChI is InChI=1S/C20H19F2N3O2S/c1-12-11-28-20(23-12)16-9-13(8-15-17(21)5-4-6-18(15)22)7-14(10-24(2)3)19(16)25(26)27/h4-7,9,11H,8,10H2,1-3H3. The summed E-state index contributed by atoms with van der Waals surface area (Å²) in [5.74, 6) is -1.28. The molecule has 0 bridgehead atoms. The lowest BCUT2D eigenvalue weighted by Gasteiger charge is -2.14. The van der Waals surface area contributed by atoms with Gasteiger partial charge in [-0.1, -0.05) is 6.07 Å². The molecule has 0 spiro atoms. The Hall–Kier alpha value is -2.71. The fourth-order valence-corrected chi connectivity index (χ4v) is 3.90. The highest BCUT2D eigenvalue weighted by Crippen LogP contribution is 2.37. The fourth-order valence-electron chi connectivity index (χ4n) is 3.09. The molecule has 28 heavy (non-hydrogen) atoms. The number of halogens is 2. The van der Waals surface area contributed by atoms with Gasteiger partial charge in [0.05, 0.1) is 10.5 Å². The predicted molar refractivity (Wildman–Crippen MR) is 105 cm³/mol. The van der Waals surface area contributed by atoms with E-state index in [1.54, 1.807) is 26.2 Å². The van der Waals surface area contributed by atoms with Crippen molar-refractivity contribution in [2.75, 3.05) is 14.1 Å². The Balaban J connectivity index is 2.19. The van der Waals surface area contributed by atoms with Crippen LogP contribution >= 0.6 is 11.3 Å². The second-order valence-corrected chi connectivity index (χ2v) is 7.68. The lowest BCUT2D eigenvalue weighted by molar-refractivity contribution is -0.385. The Bertz CT molecular complexity index is 1010. The average Bonchev–Trinajstić information content (AvgIpc) is 3.03. The van der Waals surface area contributed by atoms with Gasteiger partial charge in [-0.15, -0.1) is 11.3 Å². The molecule has 0 fully saturated rings. The number of aryl methyl sites for hydroxylation is 1. The van der Waals surface area contributed by atoms with Crippen LogP contribution in [0.25, 0.3) is 10.6 Å². The Morgan fingerprint density at radius 3 is 2.43 bits per heavy atom. The van der Waals surface area contributed by atoms with Crippen LogP contribution in [0.1, 0.15) is 22.4 Å². The van der Waals surface area contributed by atoms with E-state index in [9.17, 15) is 18.9 Å². The molecule has 1 aromatic heterocycles. The molecule has 5 nitrogen and oxygen atoms in total. The van der Waals surface area contributed by atoms with Crippen molar-refractivity contribution in [1.29, 1.82) is 0 Å². The topological polar surface area (TPSA) is 59.3 Å². The van der Waals surface area contributed by atoms with Crippen molar-refractivity contribution in [2.24, 2.45) is 0 Å². The van der Waals surface area contributed by atoms with Crippen LogP contribution in [0, 0.1) is 28.7 Å². The van der Waals surface area contributed by atoms with Gasteiger partial charge in [0.1, 0.15) is 16.6 Å². The number of rotatable bonds is 6. The van der Waals surface area contributed by atoms with Gasteiger partial charge in [-0.3, -0.25) is 10.1 Å². The zero-order chi connectivity index (χ0) is 20.4. The lowest BCUT2D eigenvalue weighted by atomic mass is 9.97. The minimum atomic E-state index is -0.640. The molecule has 1 heterocycles. The van der Waals surface area contributed by atoms with Crippen LogP contribution in [-0.4, -0.2) is 28.9 Å². The van der Waals surface area contributed by atoms with Gasteiger partial charge in [-0.25, -0.2) is 13.8 Å². The molecule has 0 unspecified atom stereocenters. The number of thiazole rings is 1. The first-order chi connectivity index (χ1) is 13.3. The maximum Gasteiger partial charge on any atom is 0.284 e. The average molecular weight is 403 g/mol. The van der Waals surface area contributed by atoms with Crippen LogP contribution in [0.3, 0.4) is 0 Å². The van der Waals surface area contributed by atoms with E-state index in [4.69, 9.17) is 0 Å². The molecule has 146 valence electrons. The molecule has 0 N–H and O–H groups in total. The third kappa shape index (κ3) is 4.23. The van der Waals surface area contributed by atoms with Gasteiger partial charge in [0.25, 0.3) is 5.69 Å². The molecule has 3 rings (SSSR count). The summed E-state index contributed by atoms with van der Waals surface area (Å²) in [6.45, 7) is 2.13. The van der Waals surface area contributed by atoms with Gasteiger partial charge in [-0.05, 0) is 50.8 Å². The smallest absolute Gasteiger partial charge is 0.284 e. The monoisotopic (exact) mass is 403 g/mol. The van der Waals surface area contributed by atoms with E-state index in [0.29, 0.717) is 28.2 Å². The molecule has 2 aromatic carbocycles. The Kier molecular flexibility index (Phi) is 5.81. The first-order valence-electron chi connectivity index (χ1n) is 8.56. The number of hydrogen-bond donors (Lipinski definition) is 0. The third-order valence-electron chi connectivity index (χ3n) is 4.21. The zero-order valence-electron chi connectivity index (χ0n) is 15.7. The van der Waals surface area contributed by atoms with Gasteiger partial charge in [0.15, 0.2) is 0 Å². The highest BCUT2D eigenvalue weighted by atomic mass is 32.1. The summed E-state index contributed by atoms with van der Waals surface area (Å²) >= 11 is 1.31. The largest absolute Gasteiger partial charge is 0.305 e. The molecular formula is C20H19F2N3O2S. The number of hydrogen-bond acceptors (Lipinski definition) is 5. The number of nitro benzene ring substituents is 1. The van der Waals surface area contributed by atoms with Crippen molar-refractivity contribution in [2.45, 2.75) is 19.9 Å². The van der Waals surface area contributed by atoms with Crippen LogP contribution in [0.15, 0.2) is 35.7 Å². The normalized spacial score (nSPS) is 11.2. The maximum absolute atomic E-state index is 14.1. The predicted octanol–water partition coefficient (Wildman–Crippen LogP) is 4.96. The van der Waals surface area contributed by atoms with Crippen molar-refractivity contribution < 1.29 is 13.7 Å². The molecule has 0 saturated carbocycles. The summed E-state index contributed by atoms with van der Waals surface area (Å²) in [5.41, 5.74) is 2.11. The minimum Gasteiger partial charge on any atom is -0.305 e. The van der Waals surface area contributed by atoms with Gasteiger partial charge >= 0.3 is 0 Å². The van der Waals surface area contributed by atoms with E-state index in [2.05, 4.69) is 4.98 Å². The highest BCUT2D eigenvalue weighted by molar-refractivity contribution is 7.13. The lowest BCUT2D eigenvalue weighted by Crippen LogP contribution is -2.13. The second-order valence-electron chi connectivity index (χ2n) is 6.82. The third-order valence-corrected chi connectivity index (χ3v) is 5.20. The van der Waals surface area contributed by atoms with E-state index in [-0.39, 0.29) is 17.7 Å². The van der Waals surface area contributed by atoms with Crippen molar-refractivity contribution in [1.82, 2.24) is 9.88 Å². The zero-order valence-corrected chi connectivity index (χ0v) is 16.5. The molecule has 3 aromatic rings. The second kappa shape index (κ2) is 8.12. The highest BCUT2D eigenvalue weighted by Gasteiger charge is 2.25. The van der Waals surface area contributed by atoms with E-state index >= 15 is 0 Å². The Morgan fingerprint density at radius 1 is 1.21 bits per heavy atom. The Morgan fingerprint density at radius 2 is 1.89 bits per heavy atom. The van der Waals surface area contributed by atoms with E-state index in [1.165, 1.54) is 29.5 Å². The molecule has 0 amide bonds. The van der Waals surface area contributed by atoms with Crippen LogP contribution in [0.2, 0.25) is 0 Å². The van der Waals surface area contributed by atoms with Crippen molar-refractivity contribution in [3.05, 3.63) is 79.8 Å². The van der Waals surface area contributed by atoms with Crippen LogP contribution < -0.4 is 0 Å². The number of nitrogens with zero attached hydrogens (tertiary/aromatic N) is 3. The van der Waals surface area contributed by atoms with Gasteiger partial charge in [0, 0.05) is 35.2 Å². The maximum atomic E-state index is 14.1. The minimum absolute atomic E-state index is 0.00567. The van der Waals surface area contributed by atoms with Crippen molar-refractivity contribution in [3.8, 4) is 10.6 Å². The summed E-state index contributed by atoms with van der Waals surface area (Å²) in [4.78, 5) is 17.6. The number of aromatic nitrogens is 1. The molecule has 8 heteroatoms. The molecule has 0 aliphatic carbocycles. The molecule has 0 aliphatic heterocycles.